The molecule has 1 N–H and O–H groups in total. The summed E-state index contributed by atoms with van der Waals surface area (Å²) in [4.78, 5) is 22.2. The average Bonchev–Trinajstić information content (AvgIpc) is 2.43. The third kappa shape index (κ3) is 4.13. The minimum atomic E-state index is -0.473. The second-order valence-electron chi connectivity index (χ2n) is 4.62. The van der Waals surface area contributed by atoms with E-state index in [0.717, 1.165) is 10.0 Å². The van der Waals surface area contributed by atoms with Gasteiger partial charge in [-0.15, -0.1) is 0 Å². The first-order valence-corrected chi connectivity index (χ1v) is 7.04. The third-order valence-electron chi connectivity index (χ3n) is 2.93. The van der Waals surface area contributed by atoms with Gasteiger partial charge in [0.25, 0.3) is 5.69 Å². The molecule has 2 aromatic carbocycles. The first kappa shape index (κ1) is 15.2. The van der Waals surface area contributed by atoms with Crippen LogP contribution in [-0.4, -0.2) is 10.8 Å². The molecule has 0 atom stereocenters. The summed E-state index contributed by atoms with van der Waals surface area (Å²) in [6.07, 6.45) is 0.0940. The number of hydrogen-bond donors (Lipinski definition) is 1. The normalized spacial score (nSPS) is 10.2. The van der Waals surface area contributed by atoms with E-state index < -0.39 is 4.92 Å². The van der Waals surface area contributed by atoms with Crippen molar-refractivity contribution in [2.45, 2.75) is 13.3 Å². The second kappa shape index (κ2) is 6.49. The highest BCUT2D eigenvalue weighted by atomic mass is 79.9. The number of amides is 1. The molecule has 0 unspecified atom stereocenters. The Bertz CT molecular complexity index is 701. The molecule has 0 radical (unpaired) electrons. The maximum atomic E-state index is 12.0. The molecule has 108 valence electrons. The topological polar surface area (TPSA) is 72.2 Å². The molecule has 0 aliphatic rings. The van der Waals surface area contributed by atoms with Gasteiger partial charge in [-0.05, 0) is 36.2 Å². The van der Waals surface area contributed by atoms with Gasteiger partial charge in [-0.2, -0.15) is 0 Å². The molecule has 2 rings (SSSR count). The minimum absolute atomic E-state index is 0.0141. The number of anilines is 1. The molecule has 0 heterocycles. The van der Waals surface area contributed by atoms with E-state index in [0.29, 0.717) is 11.3 Å². The number of nitrogens with zero attached hydrogens (tertiary/aromatic N) is 1. The summed E-state index contributed by atoms with van der Waals surface area (Å²) in [5.74, 6) is -0.211. The van der Waals surface area contributed by atoms with Crippen LogP contribution in [0.4, 0.5) is 11.4 Å². The molecule has 0 saturated heterocycles. The number of nitro benzene ring substituents is 1. The van der Waals surface area contributed by atoms with Crippen LogP contribution in [0.25, 0.3) is 0 Å². The largest absolute Gasteiger partial charge is 0.326 e. The maximum absolute atomic E-state index is 12.0. The van der Waals surface area contributed by atoms with Crippen molar-refractivity contribution >= 4 is 33.2 Å². The number of nitrogens with one attached hydrogen (secondary N) is 1. The van der Waals surface area contributed by atoms with Crippen molar-refractivity contribution in [2.75, 3.05) is 5.32 Å². The number of non-ortho nitro benzene ring substituents is 1. The van der Waals surface area contributed by atoms with E-state index in [9.17, 15) is 14.9 Å². The van der Waals surface area contributed by atoms with Gasteiger partial charge in [0.2, 0.25) is 5.91 Å². The Labute approximate surface area is 130 Å². The van der Waals surface area contributed by atoms with Gasteiger partial charge in [-0.1, -0.05) is 28.1 Å². The predicted molar refractivity (Wildman–Crippen MR) is 84.3 cm³/mol. The zero-order valence-corrected chi connectivity index (χ0v) is 12.9. The predicted octanol–water partition coefficient (Wildman–Crippen LogP) is 3.85. The lowest BCUT2D eigenvalue weighted by Crippen LogP contribution is -2.14. The zero-order chi connectivity index (χ0) is 15.4. The molecule has 0 fully saturated rings. The molecule has 0 aliphatic heterocycles. The number of carbonyl (C=O) groups is 1. The van der Waals surface area contributed by atoms with Crippen LogP contribution in [0.15, 0.2) is 46.9 Å². The highest BCUT2D eigenvalue weighted by Gasteiger charge is 2.09. The number of nitro groups is 1. The lowest BCUT2D eigenvalue weighted by atomic mass is 10.1. The van der Waals surface area contributed by atoms with Gasteiger partial charge in [0.15, 0.2) is 0 Å². The number of hydrogen-bond acceptors (Lipinski definition) is 3. The highest BCUT2D eigenvalue weighted by Crippen LogP contribution is 2.20. The quantitative estimate of drug-likeness (QED) is 0.673. The summed E-state index contributed by atoms with van der Waals surface area (Å²) in [7, 11) is 0. The molecule has 0 saturated carbocycles. The van der Waals surface area contributed by atoms with Gasteiger partial charge in [-0.3, -0.25) is 14.9 Å². The van der Waals surface area contributed by atoms with Crippen molar-refractivity contribution in [1.29, 1.82) is 0 Å². The van der Waals surface area contributed by atoms with Gasteiger partial charge in [0, 0.05) is 22.3 Å². The number of carbonyl (C=O) groups excluding carboxylic acids is 1. The molecule has 6 heteroatoms. The molecule has 5 nitrogen and oxygen atoms in total. The summed E-state index contributed by atoms with van der Waals surface area (Å²) in [6.45, 7) is 1.93. The summed E-state index contributed by atoms with van der Waals surface area (Å²) in [5, 5.41) is 13.5. The van der Waals surface area contributed by atoms with Gasteiger partial charge in [-0.25, -0.2) is 0 Å². The molecular weight excluding hydrogens is 336 g/mol. The van der Waals surface area contributed by atoms with Crippen LogP contribution < -0.4 is 5.32 Å². The van der Waals surface area contributed by atoms with Crippen molar-refractivity contribution in [3.05, 3.63) is 68.2 Å². The fraction of sp³-hybridized carbons (Fsp3) is 0.133. The van der Waals surface area contributed by atoms with Crippen LogP contribution in [0.1, 0.15) is 11.1 Å². The van der Waals surface area contributed by atoms with Crippen molar-refractivity contribution in [3.63, 3.8) is 0 Å². The molecule has 2 aromatic rings. The Morgan fingerprint density at radius 2 is 2.05 bits per heavy atom. The van der Waals surface area contributed by atoms with Crippen LogP contribution in [0.2, 0.25) is 0 Å². The highest BCUT2D eigenvalue weighted by molar-refractivity contribution is 9.10. The number of rotatable bonds is 4. The number of benzene rings is 2. The molecule has 0 bridgehead atoms. The van der Waals surface area contributed by atoms with E-state index in [4.69, 9.17) is 0 Å². The minimum Gasteiger partial charge on any atom is -0.326 e. The summed E-state index contributed by atoms with van der Waals surface area (Å²) >= 11 is 3.39. The van der Waals surface area contributed by atoms with Gasteiger partial charge < -0.3 is 5.32 Å². The fourth-order valence-corrected chi connectivity index (χ4v) is 2.14. The smallest absolute Gasteiger partial charge is 0.269 e. The van der Waals surface area contributed by atoms with E-state index in [1.165, 1.54) is 12.1 Å². The molecule has 1 amide bonds. The van der Waals surface area contributed by atoms with Crippen molar-refractivity contribution in [3.8, 4) is 0 Å². The monoisotopic (exact) mass is 348 g/mol. The lowest BCUT2D eigenvalue weighted by Gasteiger charge is -2.07. The second-order valence-corrected chi connectivity index (χ2v) is 5.47. The Morgan fingerprint density at radius 3 is 2.71 bits per heavy atom. The molecular formula is C15H13BrN2O3. The SMILES string of the molecule is Cc1cc(NC(=O)Cc2cccc([N+](=O)[O-])c2)ccc1Br. The number of halogens is 1. The summed E-state index contributed by atoms with van der Waals surface area (Å²) in [5.41, 5.74) is 2.31. The van der Waals surface area contributed by atoms with E-state index in [1.54, 1.807) is 18.2 Å². The standard InChI is InChI=1S/C15H13BrN2O3/c1-10-7-12(5-6-14(10)16)17-15(19)9-11-3-2-4-13(8-11)18(20)21/h2-8H,9H2,1H3,(H,17,19). The first-order valence-electron chi connectivity index (χ1n) is 6.25. The van der Waals surface area contributed by atoms with Crippen molar-refractivity contribution < 1.29 is 9.72 Å². The van der Waals surface area contributed by atoms with Crippen LogP contribution >= 0.6 is 15.9 Å². The van der Waals surface area contributed by atoms with E-state index >= 15 is 0 Å². The first-order chi connectivity index (χ1) is 9.95. The Morgan fingerprint density at radius 1 is 1.29 bits per heavy atom. The Hall–Kier alpha value is -2.21. The fourth-order valence-electron chi connectivity index (χ4n) is 1.89. The van der Waals surface area contributed by atoms with Crippen molar-refractivity contribution in [2.24, 2.45) is 0 Å². The van der Waals surface area contributed by atoms with E-state index in [-0.39, 0.29) is 18.0 Å². The summed E-state index contributed by atoms with van der Waals surface area (Å²) in [6, 6.07) is 11.6. The van der Waals surface area contributed by atoms with Crippen LogP contribution in [0, 0.1) is 17.0 Å². The van der Waals surface area contributed by atoms with Gasteiger partial charge in [0.05, 0.1) is 11.3 Å². The Kier molecular flexibility index (Phi) is 4.70. The van der Waals surface area contributed by atoms with Crippen LogP contribution in [0.3, 0.4) is 0 Å². The zero-order valence-electron chi connectivity index (χ0n) is 11.3. The Balaban J connectivity index is 2.06. The van der Waals surface area contributed by atoms with Crippen LogP contribution in [0.5, 0.6) is 0 Å². The molecule has 0 aliphatic carbocycles. The van der Waals surface area contributed by atoms with Crippen molar-refractivity contribution in [1.82, 2.24) is 0 Å². The third-order valence-corrected chi connectivity index (χ3v) is 3.82. The molecule has 21 heavy (non-hydrogen) atoms. The molecule has 0 spiro atoms. The average molecular weight is 349 g/mol. The van der Waals surface area contributed by atoms with E-state index in [2.05, 4.69) is 21.2 Å². The molecule has 0 aromatic heterocycles. The maximum Gasteiger partial charge on any atom is 0.269 e. The summed E-state index contributed by atoms with van der Waals surface area (Å²) < 4.78 is 0.971. The van der Waals surface area contributed by atoms with E-state index in [1.807, 2.05) is 19.1 Å². The van der Waals surface area contributed by atoms with Crippen LogP contribution in [-0.2, 0) is 11.2 Å². The van der Waals surface area contributed by atoms with Gasteiger partial charge >= 0.3 is 0 Å². The van der Waals surface area contributed by atoms with Gasteiger partial charge in [0.1, 0.15) is 0 Å². The number of aryl methyl sites for hydroxylation is 1. The lowest BCUT2D eigenvalue weighted by molar-refractivity contribution is -0.384.